The third kappa shape index (κ3) is 3.86. The summed E-state index contributed by atoms with van der Waals surface area (Å²) in [5.41, 5.74) is 17.3. The molecule has 6 rings (SSSR count). The van der Waals surface area contributed by atoms with Crippen molar-refractivity contribution in [2.45, 2.75) is 82.0 Å². The average molecular weight is 451 g/mol. The number of hydrogen-bond donors (Lipinski definition) is 2. The van der Waals surface area contributed by atoms with Gasteiger partial charge in [0.2, 0.25) is 0 Å². The number of nitrogens with two attached hydrogens (primary N) is 2. The number of aryl methyl sites for hydroxylation is 1. The van der Waals surface area contributed by atoms with Gasteiger partial charge >= 0.3 is 0 Å². The fourth-order valence-electron chi connectivity index (χ4n) is 5.36. The number of imidazole rings is 1. The first-order chi connectivity index (χ1) is 16.0. The summed E-state index contributed by atoms with van der Waals surface area (Å²) in [6, 6.07) is 0.203. The number of ether oxygens (including phenoxy) is 1. The van der Waals surface area contributed by atoms with Crippen molar-refractivity contribution in [2.75, 3.05) is 6.61 Å². The molecule has 2 aliphatic carbocycles. The second-order valence-electron chi connectivity index (χ2n) is 10.3. The molecule has 3 aromatic heterocycles. The van der Waals surface area contributed by atoms with E-state index in [-0.39, 0.29) is 12.3 Å². The SMILES string of the molecule is Cn1ncc(-c2nc(C3(N)CCC(N)CC3)nc3c2ncn3C2CCCCO2)c1CC1CC1. The first-order valence-electron chi connectivity index (χ1n) is 12.4. The van der Waals surface area contributed by atoms with Gasteiger partial charge in [0.25, 0.3) is 0 Å². The Hall–Kier alpha value is -2.36. The van der Waals surface area contributed by atoms with Gasteiger partial charge in [0.1, 0.15) is 17.4 Å². The molecule has 1 aliphatic heterocycles. The maximum Gasteiger partial charge on any atom is 0.166 e. The van der Waals surface area contributed by atoms with Crippen molar-refractivity contribution in [1.82, 2.24) is 29.3 Å². The summed E-state index contributed by atoms with van der Waals surface area (Å²) >= 11 is 0. The van der Waals surface area contributed by atoms with Crippen LogP contribution >= 0.6 is 0 Å². The van der Waals surface area contributed by atoms with Crippen molar-refractivity contribution in [3.05, 3.63) is 24.0 Å². The highest BCUT2D eigenvalue weighted by molar-refractivity contribution is 5.88. The molecular weight excluding hydrogens is 416 g/mol. The molecule has 1 unspecified atom stereocenters. The van der Waals surface area contributed by atoms with Crippen molar-refractivity contribution in [1.29, 1.82) is 0 Å². The minimum absolute atomic E-state index is 0.0484. The number of hydrogen-bond acceptors (Lipinski definition) is 7. The van der Waals surface area contributed by atoms with Crippen LogP contribution in [0.4, 0.5) is 0 Å². The fraction of sp³-hybridized carbons (Fsp3) is 0.667. The lowest BCUT2D eigenvalue weighted by Crippen LogP contribution is -2.45. The summed E-state index contributed by atoms with van der Waals surface area (Å²) < 4.78 is 10.2. The summed E-state index contributed by atoms with van der Waals surface area (Å²) in [6.45, 7) is 0.766. The molecule has 3 aliphatic rings. The van der Waals surface area contributed by atoms with E-state index in [1.54, 1.807) is 0 Å². The van der Waals surface area contributed by atoms with Crippen LogP contribution in [0.3, 0.4) is 0 Å². The lowest BCUT2D eigenvalue weighted by Gasteiger charge is -2.34. The van der Waals surface area contributed by atoms with Crippen molar-refractivity contribution >= 4 is 11.2 Å². The summed E-state index contributed by atoms with van der Waals surface area (Å²) in [5, 5.41) is 4.60. The molecule has 1 atom stereocenters. The van der Waals surface area contributed by atoms with E-state index in [0.717, 1.165) is 86.3 Å². The van der Waals surface area contributed by atoms with Crippen molar-refractivity contribution in [3.63, 3.8) is 0 Å². The van der Waals surface area contributed by atoms with Gasteiger partial charge < -0.3 is 16.2 Å². The summed E-state index contributed by atoms with van der Waals surface area (Å²) in [6.07, 6.45) is 13.9. The summed E-state index contributed by atoms with van der Waals surface area (Å²) in [4.78, 5) is 14.9. The van der Waals surface area contributed by atoms with Gasteiger partial charge in [0.05, 0.1) is 18.1 Å². The Balaban J connectivity index is 1.51. The van der Waals surface area contributed by atoms with Crippen molar-refractivity contribution < 1.29 is 4.74 Å². The van der Waals surface area contributed by atoms with Gasteiger partial charge in [0, 0.05) is 31.0 Å². The van der Waals surface area contributed by atoms with Gasteiger partial charge in [0.15, 0.2) is 11.5 Å². The van der Waals surface area contributed by atoms with Gasteiger partial charge in [-0.1, -0.05) is 0 Å². The fourth-order valence-corrected chi connectivity index (χ4v) is 5.36. The van der Waals surface area contributed by atoms with Crippen LogP contribution in [0.5, 0.6) is 0 Å². The van der Waals surface area contributed by atoms with Crippen LogP contribution < -0.4 is 11.5 Å². The molecule has 2 saturated carbocycles. The summed E-state index contributed by atoms with van der Waals surface area (Å²) in [7, 11) is 2.02. The monoisotopic (exact) mass is 450 g/mol. The standard InChI is InChI=1S/C24H34N8O/c1-31-18(12-15-5-6-15)17(13-28-31)20-21-22(32(14-27-21)19-4-2-3-11-33-19)30-23(29-20)24(26)9-7-16(25)8-10-24/h13-16,19H,2-12,25-26H2,1H3. The first-order valence-corrected chi connectivity index (χ1v) is 12.4. The highest BCUT2D eigenvalue weighted by atomic mass is 16.5. The molecule has 9 nitrogen and oxygen atoms in total. The van der Waals surface area contributed by atoms with Gasteiger partial charge in [-0.25, -0.2) is 15.0 Å². The lowest BCUT2D eigenvalue weighted by molar-refractivity contribution is -0.0298. The molecule has 176 valence electrons. The Morgan fingerprint density at radius 1 is 1.12 bits per heavy atom. The van der Waals surface area contributed by atoms with Crippen LogP contribution in [0.25, 0.3) is 22.4 Å². The second kappa shape index (κ2) is 8.14. The molecule has 0 spiro atoms. The zero-order valence-electron chi connectivity index (χ0n) is 19.4. The number of aromatic nitrogens is 6. The quantitative estimate of drug-likeness (QED) is 0.612. The molecule has 0 aromatic carbocycles. The lowest BCUT2D eigenvalue weighted by atomic mass is 9.79. The number of rotatable bonds is 5. The number of nitrogens with zero attached hydrogens (tertiary/aromatic N) is 6. The Morgan fingerprint density at radius 2 is 1.94 bits per heavy atom. The third-order valence-corrected chi connectivity index (χ3v) is 7.75. The molecule has 3 fully saturated rings. The zero-order chi connectivity index (χ0) is 22.6. The third-order valence-electron chi connectivity index (χ3n) is 7.75. The molecule has 0 bridgehead atoms. The van der Waals surface area contributed by atoms with Crippen LogP contribution in [0.15, 0.2) is 12.5 Å². The Labute approximate surface area is 193 Å². The van der Waals surface area contributed by atoms with E-state index < -0.39 is 5.54 Å². The molecule has 0 radical (unpaired) electrons. The topological polar surface area (TPSA) is 123 Å². The molecule has 0 amide bonds. The van der Waals surface area contributed by atoms with E-state index in [9.17, 15) is 0 Å². The smallest absolute Gasteiger partial charge is 0.166 e. The Morgan fingerprint density at radius 3 is 2.67 bits per heavy atom. The summed E-state index contributed by atoms with van der Waals surface area (Å²) in [5.74, 6) is 1.43. The van der Waals surface area contributed by atoms with E-state index >= 15 is 0 Å². The average Bonchev–Trinajstić information content (AvgIpc) is 3.44. The van der Waals surface area contributed by atoms with Crippen LogP contribution in [0.1, 0.15) is 75.5 Å². The molecule has 9 heteroatoms. The van der Waals surface area contributed by atoms with Crippen molar-refractivity contribution in [2.24, 2.45) is 24.4 Å². The molecule has 1 saturated heterocycles. The predicted octanol–water partition coefficient (Wildman–Crippen LogP) is 2.93. The minimum Gasteiger partial charge on any atom is -0.358 e. The maximum absolute atomic E-state index is 6.95. The van der Waals surface area contributed by atoms with Gasteiger partial charge in [-0.05, 0) is 70.1 Å². The van der Waals surface area contributed by atoms with Crippen LogP contribution in [-0.4, -0.2) is 41.9 Å². The van der Waals surface area contributed by atoms with Crippen LogP contribution in [0.2, 0.25) is 0 Å². The van der Waals surface area contributed by atoms with Crippen LogP contribution in [-0.2, 0) is 23.7 Å². The van der Waals surface area contributed by atoms with Gasteiger partial charge in [-0.2, -0.15) is 5.10 Å². The van der Waals surface area contributed by atoms with E-state index in [4.69, 9.17) is 31.2 Å². The highest BCUT2D eigenvalue weighted by Crippen LogP contribution is 2.39. The van der Waals surface area contributed by atoms with E-state index in [2.05, 4.69) is 9.67 Å². The van der Waals surface area contributed by atoms with E-state index in [1.165, 1.54) is 18.5 Å². The minimum atomic E-state index is -0.583. The Bertz CT molecular complexity index is 1150. The largest absolute Gasteiger partial charge is 0.358 e. The Kier molecular flexibility index (Phi) is 5.23. The van der Waals surface area contributed by atoms with Gasteiger partial charge in [-0.3, -0.25) is 9.25 Å². The van der Waals surface area contributed by atoms with Crippen molar-refractivity contribution in [3.8, 4) is 11.3 Å². The molecule has 33 heavy (non-hydrogen) atoms. The zero-order valence-corrected chi connectivity index (χ0v) is 19.4. The molecule has 3 aromatic rings. The van der Waals surface area contributed by atoms with Crippen LogP contribution in [0, 0.1) is 5.92 Å². The normalized spacial score (nSPS) is 28.5. The maximum atomic E-state index is 6.95. The predicted molar refractivity (Wildman–Crippen MR) is 125 cm³/mol. The van der Waals surface area contributed by atoms with E-state index in [1.807, 2.05) is 24.3 Å². The first kappa shape index (κ1) is 21.2. The second-order valence-corrected chi connectivity index (χ2v) is 10.3. The highest BCUT2D eigenvalue weighted by Gasteiger charge is 2.37. The molecular formula is C24H34N8O. The van der Waals surface area contributed by atoms with Gasteiger partial charge in [-0.15, -0.1) is 0 Å². The number of fused-ring (bicyclic) bond motifs is 1. The van der Waals surface area contributed by atoms with E-state index in [0.29, 0.717) is 5.82 Å². The molecule has 4 heterocycles. The molecule has 4 N–H and O–H groups in total.